The van der Waals surface area contributed by atoms with Gasteiger partial charge in [0.05, 0.1) is 0 Å². The molecule has 1 fully saturated rings. The summed E-state index contributed by atoms with van der Waals surface area (Å²) < 4.78 is 0. The van der Waals surface area contributed by atoms with Gasteiger partial charge in [0.2, 0.25) is 11.8 Å². The van der Waals surface area contributed by atoms with Gasteiger partial charge in [0, 0.05) is 44.4 Å². The smallest absolute Gasteiger partial charge is 0.226 e. The summed E-state index contributed by atoms with van der Waals surface area (Å²) in [7, 11) is 0. The summed E-state index contributed by atoms with van der Waals surface area (Å²) >= 11 is 0. The van der Waals surface area contributed by atoms with Crippen LogP contribution in [0.5, 0.6) is 0 Å². The fraction of sp³-hybridized carbons (Fsp3) is 0.533. The predicted molar refractivity (Wildman–Crippen MR) is 75.9 cm³/mol. The van der Waals surface area contributed by atoms with E-state index in [1.54, 1.807) is 12.4 Å². The number of rotatable bonds is 5. The molecular weight excluding hydrogens is 254 g/mol. The first-order valence-electron chi connectivity index (χ1n) is 7.15. The maximum Gasteiger partial charge on any atom is 0.226 e. The van der Waals surface area contributed by atoms with Crippen LogP contribution in [-0.4, -0.2) is 41.3 Å². The number of aromatic nitrogens is 1. The summed E-state index contributed by atoms with van der Waals surface area (Å²) in [6.45, 7) is 3.96. The van der Waals surface area contributed by atoms with E-state index in [1.807, 2.05) is 24.0 Å². The number of likely N-dealkylation sites (N-methyl/N-ethyl adjacent to an activating group) is 1. The quantitative estimate of drug-likeness (QED) is 0.872. The van der Waals surface area contributed by atoms with Crippen LogP contribution in [0.1, 0.15) is 25.3 Å². The Balaban J connectivity index is 1.90. The van der Waals surface area contributed by atoms with E-state index < -0.39 is 0 Å². The van der Waals surface area contributed by atoms with Crippen molar-refractivity contribution < 1.29 is 9.59 Å². The Kier molecular flexibility index (Phi) is 5.09. The Labute approximate surface area is 119 Å². The second kappa shape index (κ2) is 7.03. The zero-order chi connectivity index (χ0) is 14.4. The standard InChI is InChI=1S/C15H21N3O2/c1-2-18(10-6-12-3-7-16-8-4-12)15(20)13-5-9-17-14(19)11-13/h3-4,7-8,13H,2,5-6,9-11H2,1H3,(H,17,19). The number of amides is 2. The second-order valence-corrected chi connectivity index (χ2v) is 5.06. The molecule has 0 spiro atoms. The van der Waals surface area contributed by atoms with Gasteiger partial charge in [-0.15, -0.1) is 0 Å². The summed E-state index contributed by atoms with van der Waals surface area (Å²) in [5.74, 6) is -0.0580. The van der Waals surface area contributed by atoms with Crippen molar-refractivity contribution in [1.29, 1.82) is 0 Å². The maximum atomic E-state index is 12.4. The molecular formula is C15H21N3O2. The van der Waals surface area contributed by atoms with E-state index in [0.29, 0.717) is 26.1 Å². The molecule has 1 unspecified atom stereocenters. The molecule has 108 valence electrons. The van der Waals surface area contributed by atoms with Gasteiger partial charge in [0.1, 0.15) is 0 Å². The highest BCUT2D eigenvalue weighted by Gasteiger charge is 2.28. The molecule has 1 aromatic rings. The molecule has 0 radical (unpaired) electrons. The van der Waals surface area contributed by atoms with Crippen molar-refractivity contribution >= 4 is 11.8 Å². The van der Waals surface area contributed by atoms with Crippen molar-refractivity contribution in [2.24, 2.45) is 5.92 Å². The van der Waals surface area contributed by atoms with Crippen LogP contribution in [0.15, 0.2) is 24.5 Å². The molecule has 2 amide bonds. The van der Waals surface area contributed by atoms with Gasteiger partial charge in [-0.05, 0) is 37.5 Å². The number of carbonyl (C=O) groups is 2. The summed E-state index contributed by atoms with van der Waals surface area (Å²) in [6.07, 6.45) is 5.42. The lowest BCUT2D eigenvalue weighted by Crippen LogP contribution is -2.43. The van der Waals surface area contributed by atoms with Gasteiger partial charge in [0.15, 0.2) is 0 Å². The van der Waals surface area contributed by atoms with Crippen LogP contribution in [0.25, 0.3) is 0 Å². The average molecular weight is 275 g/mol. The van der Waals surface area contributed by atoms with Crippen LogP contribution >= 0.6 is 0 Å². The molecule has 2 heterocycles. The average Bonchev–Trinajstić information content (AvgIpc) is 2.48. The largest absolute Gasteiger partial charge is 0.356 e. The summed E-state index contributed by atoms with van der Waals surface area (Å²) in [5, 5.41) is 2.77. The lowest BCUT2D eigenvalue weighted by molar-refractivity contribution is -0.139. The molecule has 0 bridgehead atoms. The maximum absolute atomic E-state index is 12.4. The second-order valence-electron chi connectivity index (χ2n) is 5.06. The highest BCUT2D eigenvalue weighted by Crippen LogP contribution is 2.16. The number of carbonyl (C=O) groups excluding carboxylic acids is 2. The highest BCUT2D eigenvalue weighted by atomic mass is 16.2. The van der Waals surface area contributed by atoms with E-state index >= 15 is 0 Å². The first-order chi connectivity index (χ1) is 9.70. The van der Waals surface area contributed by atoms with Crippen LogP contribution < -0.4 is 5.32 Å². The lowest BCUT2D eigenvalue weighted by Gasteiger charge is -2.28. The summed E-state index contributed by atoms with van der Waals surface area (Å²) in [4.78, 5) is 29.6. The van der Waals surface area contributed by atoms with Gasteiger partial charge in [0.25, 0.3) is 0 Å². The van der Waals surface area contributed by atoms with Crippen molar-refractivity contribution in [3.8, 4) is 0 Å². The Morgan fingerprint density at radius 2 is 2.20 bits per heavy atom. The molecule has 5 heteroatoms. The number of pyridine rings is 1. The van der Waals surface area contributed by atoms with Crippen LogP contribution in [0.3, 0.4) is 0 Å². The first-order valence-corrected chi connectivity index (χ1v) is 7.15. The number of hydrogen-bond acceptors (Lipinski definition) is 3. The molecule has 0 aromatic carbocycles. The van der Waals surface area contributed by atoms with Gasteiger partial charge in [-0.25, -0.2) is 0 Å². The van der Waals surface area contributed by atoms with Crippen LogP contribution in [0.4, 0.5) is 0 Å². The molecule has 1 aliphatic heterocycles. The van der Waals surface area contributed by atoms with Crippen molar-refractivity contribution in [1.82, 2.24) is 15.2 Å². The first kappa shape index (κ1) is 14.5. The normalized spacial score (nSPS) is 18.4. The Hall–Kier alpha value is -1.91. The van der Waals surface area contributed by atoms with Gasteiger partial charge in [-0.1, -0.05) is 0 Å². The molecule has 5 nitrogen and oxygen atoms in total. The minimum absolute atomic E-state index is 0.0141. The van der Waals surface area contributed by atoms with E-state index in [1.165, 1.54) is 5.56 Å². The zero-order valence-corrected chi connectivity index (χ0v) is 11.8. The Morgan fingerprint density at radius 3 is 2.85 bits per heavy atom. The van der Waals surface area contributed by atoms with Crippen molar-refractivity contribution in [3.63, 3.8) is 0 Å². The van der Waals surface area contributed by atoms with Gasteiger partial charge in [-0.3, -0.25) is 14.6 Å². The molecule has 1 N–H and O–H groups in total. The Bertz CT molecular complexity index is 461. The van der Waals surface area contributed by atoms with E-state index in [-0.39, 0.29) is 17.7 Å². The molecule has 1 atom stereocenters. The van der Waals surface area contributed by atoms with Crippen molar-refractivity contribution in [2.75, 3.05) is 19.6 Å². The molecule has 1 saturated heterocycles. The molecule has 0 saturated carbocycles. The predicted octanol–water partition coefficient (Wildman–Crippen LogP) is 0.999. The molecule has 2 rings (SSSR count). The Morgan fingerprint density at radius 1 is 1.45 bits per heavy atom. The molecule has 1 aliphatic rings. The van der Waals surface area contributed by atoms with Crippen molar-refractivity contribution in [3.05, 3.63) is 30.1 Å². The number of piperidine rings is 1. The number of nitrogens with one attached hydrogen (secondary N) is 1. The van der Waals surface area contributed by atoms with Crippen LogP contribution in [0, 0.1) is 5.92 Å². The molecule has 1 aromatic heterocycles. The zero-order valence-electron chi connectivity index (χ0n) is 11.8. The highest BCUT2D eigenvalue weighted by molar-refractivity contribution is 5.86. The van der Waals surface area contributed by atoms with E-state index in [9.17, 15) is 9.59 Å². The summed E-state index contributed by atoms with van der Waals surface area (Å²) in [6, 6.07) is 3.93. The number of nitrogens with zero attached hydrogens (tertiary/aromatic N) is 2. The number of hydrogen-bond donors (Lipinski definition) is 1. The third-order valence-corrected chi connectivity index (χ3v) is 3.71. The lowest BCUT2D eigenvalue weighted by atomic mass is 9.96. The monoisotopic (exact) mass is 275 g/mol. The van der Waals surface area contributed by atoms with Crippen LogP contribution in [0.2, 0.25) is 0 Å². The fourth-order valence-corrected chi connectivity index (χ4v) is 2.49. The minimum atomic E-state index is -0.152. The SMILES string of the molecule is CCN(CCc1ccncc1)C(=O)C1CCNC(=O)C1. The third-order valence-electron chi connectivity index (χ3n) is 3.71. The minimum Gasteiger partial charge on any atom is -0.356 e. The fourth-order valence-electron chi connectivity index (χ4n) is 2.49. The van der Waals surface area contributed by atoms with Gasteiger partial charge in [-0.2, -0.15) is 0 Å². The third kappa shape index (κ3) is 3.79. The molecule has 0 aliphatic carbocycles. The van der Waals surface area contributed by atoms with Crippen molar-refractivity contribution in [2.45, 2.75) is 26.2 Å². The van der Waals surface area contributed by atoms with Gasteiger partial charge < -0.3 is 10.2 Å². The molecule has 20 heavy (non-hydrogen) atoms. The van der Waals surface area contributed by atoms with Gasteiger partial charge >= 0.3 is 0 Å². The van der Waals surface area contributed by atoms with E-state index in [0.717, 1.165) is 12.8 Å². The van der Waals surface area contributed by atoms with E-state index in [4.69, 9.17) is 0 Å². The van der Waals surface area contributed by atoms with E-state index in [2.05, 4.69) is 10.3 Å². The van der Waals surface area contributed by atoms with Crippen LogP contribution in [-0.2, 0) is 16.0 Å². The topological polar surface area (TPSA) is 62.3 Å². The summed E-state index contributed by atoms with van der Waals surface area (Å²) in [5.41, 5.74) is 1.17.